The molecule has 3 nitrogen and oxygen atoms in total. The lowest BCUT2D eigenvalue weighted by atomic mass is 9.92. The number of nitrogens with zero attached hydrogens (tertiary/aromatic N) is 2. The van der Waals surface area contributed by atoms with Crippen molar-refractivity contribution in [3.8, 4) is 0 Å². The highest BCUT2D eigenvalue weighted by Crippen LogP contribution is 2.21. The molecular weight excluding hydrogens is 174 g/mol. The minimum Gasteiger partial charge on any atom is -0.396 e. The molecule has 1 heterocycles. The second-order valence-corrected chi connectivity index (χ2v) is 5.12. The van der Waals surface area contributed by atoms with Crippen LogP contribution in [-0.4, -0.2) is 9.78 Å². The van der Waals surface area contributed by atoms with Crippen molar-refractivity contribution in [2.75, 3.05) is 5.73 Å². The van der Waals surface area contributed by atoms with Crippen molar-refractivity contribution >= 4 is 5.69 Å². The van der Waals surface area contributed by atoms with Gasteiger partial charge in [-0.25, -0.2) is 0 Å². The smallest absolute Gasteiger partial charge is 0.0825 e. The molecule has 0 saturated carbocycles. The van der Waals surface area contributed by atoms with Gasteiger partial charge in [0.1, 0.15) is 0 Å². The van der Waals surface area contributed by atoms with E-state index in [4.69, 9.17) is 5.73 Å². The van der Waals surface area contributed by atoms with Crippen LogP contribution in [0.1, 0.15) is 38.6 Å². The van der Waals surface area contributed by atoms with Crippen molar-refractivity contribution in [3.05, 3.63) is 11.4 Å². The van der Waals surface area contributed by atoms with Gasteiger partial charge in [-0.3, -0.25) is 4.68 Å². The zero-order chi connectivity index (χ0) is 10.9. The molecule has 0 fully saturated rings. The predicted octanol–water partition coefficient (Wildman–Crippen LogP) is 2.52. The Morgan fingerprint density at radius 2 is 1.86 bits per heavy atom. The van der Waals surface area contributed by atoms with Crippen molar-refractivity contribution in [2.24, 2.45) is 5.41 Å². The molecule has 0 amide bonds. The van der Waals surface area contributed by atoms with Gasteiger partial charge in [0.15, 0.2) is 0 Å². The molecule has 0 unspecified atom stereocenters. The first-order chi connectivity index (χ1) is 6.31. The normalized spacial score (nSPS) is 12.1. The molecule has 0 bridgehead atoms. The topological polar surface area (TPSA) is 43.8 Å². The fourth-order valence-electron chi connectivity index (χ4n) is 1.37. The minimum absolute atomic E-state index is 0.348. The molecule has 2 N–H and O–H groups in total. The van der Waals surface area contributed by atoms with Gasteiger partial charge in [-0.2, -0.15) is 5.10 Å². The van der Waals surface area contributed by atoms with E-state index in [0.717, 1.165) is 30.0 Å². The van der Waals surface area contributed by atoms with E-state index >= 15 is 0 Å². The van der Waals surface area contributed by atoms with Crippen LogP contribution in [0.3, 0.4) is 0 Å². The summed E-state index contributed by atoms with van der Waals surface area (Å²) in [5.74, 6) is 0. The molecule has 0 aromatic carbocycles. The van der Waals surface area contributed by atoms with E-state index in [9.17, 15) is 0 Å². The molecule has 1 rings (SSSR count). The van der Waals surface area contributed by atoms with Crippen LogP contribution in [0.2, 0.25) is 0 Å². The van der Waals surface area contributed by atoms with Crippen LogP contribution >= 0.6 is 0 Å². The van der Waals surface area contributed by atoms with E-state index < -0.39 is 0 Å². The summed E-state index contributed by atoms with van der Waals surface area (Å²) in [6, 6.07) is 0. The van der Waals surface area contributed by atoms with Gasteiger partial charge in [-0.05, 0) is 25.7 Å². The number of anilines is 1. The second-order valence-electron chi connectivity index (χ2n) is 5.12. The van der Waals surface area contributed by atoms with Crippen molar-refractivity contribution < 1.29 is 0 Å². The van der Waals surface area contributed by atoms with Crippen molar-refractivity contribution in [1.29, 1.82) is 0 Å². The molecule has 0 radical (unpaired) electrons. The molecule has 1 aromatic heterocycles. The molecule has 1 aromatic rings. The van der Waals surface area contributed by atoms with Crippen LogP contribution in [0.15, 0.2) is 0 Å². The lowest BCUT2D eigenvalue weighted by Gasteiger charge is -2.18. The lowest BCUT2D eigenvalue weighted by molar-refractivity contribution is 0.339. The van der Waals surface area contributed by atoms with E-state index in [0.29, 0.717) is 5.41 Å². The van der Waals surface area contributed by atoms with Gasteiger partial charge in [0.25, 0.3) is 0 Å². The third-order valence-electron chi connectivity index (χ3n) is 2.51. The summed E-state index contributed by atoms with van der Waals surface area (Å²) in [5, 5.41) is 4.40. The maximum atomic E-state index is 5.86. The van der Waals surface area contributed by atoms with E-state index in [1.165, 1.54) is 0 Å². The van der Waals surface area contributed by atoms with Crippen molar-refractivity contribution in [3.63, 3.8) is 0 Å². The minimum atomic E-state index is 0.348. The number of aromatic nitrogens is 2. The van der Waals surface area contributed by atoms with E-state index in [1.807, 2.05) is 18.5 Å². The molecule has 14 heavy (non-hydrogen) atoms. The molecule has 0 aliphatic carbocycles. The lowest BCUT2D eigenvalue weighted by Crippen LogP contribution is -2.12. The van der Waals surface area contributed by atoms with E-state index in [1.54, 1.807) is 0 Å². The third-order valence-corrected chi connectivity index (χ3v) is 2.51. The molecule has 3 heteroatoms. The average molecular weight is 195 g/mol. The monoisotopic (exact) mass is 195 g/mol. The average Bonchev–Trinajstić information content (AvgIpc) is 2.28. The Bertz CT molecular complexity index is 318. The number of nitrogen functional groups attached to an aromatic ring is 1. The van der Waals surface area contributed by atoms with Crippen LogP contribution in [-0.2, 0) is 6.54 Å². The van der Waals surface area contributed by atoms with Crippen molar-refractivity contribution in [1.82, 2.24) is 9.78 Å². The summed E-state index contributed by atoms with van der Waals surface area (Å²) >= 11 is 0. The van der Waals surface area contributed by atoms with Gasteiger partial charge in [0, 0.05) is 6.54 Å². The number of nitrogens with two attached hydrogens (primary N) is 1. The van der Waals surface area contributed by atoms with Crippen molar-refractivity contribution in [2.45, 2.75) is 47.6 Å². The standard InChI is InChI=1S/C11H21N3/c1-8-10(12)9(2)14(13-8)7-6-11(3,4)5/h6-7,12H2,1-5H3. The van der Waals surface area contributed by atoms with Crippen LogP contribution in [0.5, 0.6) is 0 Å². The Balaban J connectivity index is 2.73. The summed E-state index contributed by atoms with van der Waals surface area (Å²) < 4.78 is 2.01. The van der Waals surface area contributed by atoms with Gasteiger partial charge in [0.2, 0.25) is 0 Å². The van der Waals surface area contributed by atoms with Crippen LogP contribution < -0.4 is 5.73 Å². The fraction of sp³-hybridized carbons (Fsp3) is 0.727. The zero-order valence-electron chi connectivity index (χ0n) is 9.89. The molecule has 0 saturated heterocycles. The Hall–Kier alpha value is -0.990. The molecule has 0 aliphatic heterocycles. The third kappa shape index (κ3) is 2.50. The summed E-state index contributed by atoms with van der Waals surface area (Å²) in [7, 11) is 0. The number of aryl methyl sites for hydroxylation is 2. The Labute approximate surface area is 86.3 Å². The van der Waals surface area contributed by atoms with Gasteiger partial charge in [-0.15, -0.1) is 0 Å². The summed E-state index contributed by atoms with van der Waals surface area (Å²) in [5.41, 5.74) is 9.07. The van der Waals surface area contributed by atoms with Gasteiger partial charge in [-0.1, -0.05) is 20.8 Å². The Kier molecular flexibility index (Phi) is 2.88. The molecular formula is C11H21N3. The van der Waals surface area contributed by atoms with Gasteiger partial charge in [0.05, 0.1) is 17.1 Å². The number of rotatable bonds is 2. The maximum Gasteiger partial charge on any atom is 0.0825 e. The van der Waals surface area contributed by atoms with E-state index in [2.05, 4.69) is 25.9 Å². The highest BCUT2D eigenvalue weighted by molar-refractivity contribution is 5.46. The Morgan fingerprint density at radius 3 is 2.21 bits per heavy atom. The van der Waals surface area contributed by atoms with Crippen LogP contribution in [0.4, 0.5) is 5.69 Å². The number of hydrogen-bond acceptors (Lipinski definition) is 2. The summed E-state index contributed by atoms with van der Waals surface area (Å²) in [6.07, 6.45) is 1.12. The number of hydrogen-bond donors (Lipinski definition) is 1. The molecule has 0 spiro atoms. The molecule has 0 aliphatic rings. The largest absolute Gasteiger partial charge is 0.396 e. The molecule has 0 atom stereocenters. The quantitative estimate of drug-likeness (QED) is 0.788. The highest BCUT2D eigenvalue weighted by Gasteiger charge is 2.13. The first kappa shape index (κ1) is 11.1. The molecule has 80 valence electrons. The van der Waals surface area contributed by atoms with Gasteiger partial charge < -0.3 is 5.73 Å². The SMILES string of the molecule is Cc1nn(CCC(C)(C)C)c(C)c1N. The highest BCUT2D eigenvalue weighted by atomic mass is 15.3. The Morgan fingerprint density at radius 1 is 1.29 bits per heavy atom. The van der Waals surface area contributed by atoms with Gasteiger partial charge >= 0.3 is 0 Å². The first-order valence-corrected chi connectivity index (χ1v) is 5.11. The van der Waals surface area contributed by atoms with Crippen LogP contribution in [0.25, 0.3) is 0 Å². The fourth-order valence-corrected chi connectivity index (χ4v) is 1.37. The first-order valence-electron chi connectivity index (χ1n) is 5.11. The maximum absolute atomic E-state index is 5.86. The zero-order valence-corrected chi connectivity index (χ0v) is 9.89. The summed E-state index contributed by atoms with van der Waals surface area (Å²) in [4.78, 5) is 0. The second kappa shape index (κ2) is 3.64. The van der Waals surface area contributed by atoms with Crippen LogP contribution in [0, 0.1) is 19.3 Å². The predicted molar refractivity (Wildman–Crippen MR) is 60.2 cm³/mol. The summed E-state index contributed by atoms with van der Waals surface area (Å²) in [6.45, 7) is 11.6. The van der Waals surface area contributed by atoms with E-state index in [-0.39, 0.29) is 0 Å².